The van der Waals surface area contributed by atoms with Crippen LogP contribution in [-0.4, -0.2) is 44.3 Å². The third-order valence-electron chi connectivity index (χ3n) is 3.67. The Balaban J connectivity index is 0.000000289. The summed E-state index contributed by atoms with van der Waals surface area (Å²) >= 11 is 0. The molecule has 0 aliphatic carbocycles. The van der Waals surface area contributed by atoms with Gasteiger partial charge in [-0.15, -0.1) is 0 Å². The number of carbonyl (C=O) groups is 2. The maximum absolute atomic E-state index is 11.4. The van der Waals surface area contributed by atoms with Gasteiger partial charge in [0.1, 0.15) is 6.04 Å². The Bertz CT molecular complexity index is 730. The van der Waals surface area contributed by atoms with Crippen LogP contribution in [0.1, 0.15) is 39.2 Å². The zero-order valence-electron chi connectivity index (χ0n) is 16.0. The molecule has 0 unspecified atom stereocenters. The minimum atomic E-state index is -4.02. The Morgan fingerprint density at radius 1 is 1.19 bits per heavy atom. The van der Waals surface area contributed by atoms with Gasteiger partial charge in [-0.2, -0.15) is 8.42 Å². The van der Waals surface area contributed by atoms with Crippen LogP contribution < -0.4 is 5.32 Å². The molecule has 0 aromatic heterocycles. The van der Waals surface area contributed by atoms with Crippen molar-refractivity contribution in [3.05, 3.63) is 29.8 Å². The van der Waals surface area contributed by atoms with Gasteiger partial charge in [-0.1, -0.05) is 17.7 Å². The van der Waals surface area contributed by atoms with E-state index in [4.69, 9.17) is 14.0 Å². The highest BCUT2D eigenvalue weighted by Crippen LogP contribution is 2.15. The molecule has 27 heavy (non-hydrogen) atoms. The van der Waals surface area contributed by atoms with Crippen LogP contribution >= 0.6 is 0 Å². The van der Waals surface area contributed by atoms with E-state index in [1.807, 2.05) is 6.92 Å². The van der Waals surface area contributed by atoms with Crippen molar-refractivity contribution in [1.82, 2.24) is 5.32 Å². The van der Waals surface area contributed by atoms with Crippen LogP contribution in [0, 0.1) is 12.3 Å². The molecule has 8 nitrogen and oxygen atoms in total. The second-order valence-electron chi connectivity index (χ2n) is 7.20. The highest BCUT2D eigenvalue weighted by Gasteiger charge is 2.26. The summed E-state index contributed by atoms with van der Waals surface area (Å²) in [5, 5.41) is 3.01. The Kier molecular flexibility index (Phi) is 8.39. The monoisotopic (exact) mass is 401 g/mol. The van der Waals surface area contributed by atoms with Crippen molar-refractivity contribution in [1.29, 1.82) is 0 Å². The lowest BCUT2D eigenvalue weighted by molar-refractivity contribution is -0.174. The number of carbonyl (C=O) groups excluding carboxylic acids is 2. The van der Waals surface area contributed by atoms with Crippen LogP contribution in [0.3, 0.4) is 0 Å². The van der Waals surface area contributed by atoms with Gasteiger partial charge < -0.3 is 14.8 Å². The second kappa shape index (κ2) is 9.82. The van der Waals surface area contributed by atoms with Gasteiger partial charge in [0.2, 0.25) is 6.79 Å². The molecule has 1 fully saturated rings. The van der Waals surface area contributed by atoms with E-state index in [1.165, 1.54) is 12.1 Å². The van der Waals surface area contributed by atoms with E-state index < -0.39 is 15.5 Å². The summed E-state index contributed by atoms with van der Waals surface area (Å²) in [6.45, 7) is 7.61. The molecule has 2 rings (SSSR count). The summed E-state index contributed by atoms with van der Waals surface area (Å²) in [5.41, 5.74) is 0.385. The highest BCUT2D eigenvalue weighted by atomic mass is 32.2. The standard InChI is InChI=1S/C11H19NO4.C7H8O3S/c1-11(2,3)10(14)16-7-15-9(13)8-5-4-6-12-8;1-6-2-4-7(5-3-6)11(8,9)10/h8,12H,4-7H2,1-3H3;2-5H,1H3,(H,8,9,10)/t8-;/m0./s1. The third kappa shape index (κ3) is 8.51. The maximum Gasteiger partial charge on any atom is 0.326 e. The average Bonchev–Trinajstić information content (AvgIpc) is 3.08. The molecule has 9 heteroatoms. The van der Waals surface area contributed by atoms with Gasteiger partial charge in [0, 0.05) is 0 Å². The number of hydrogen-bond acceptors (Lipinski definition) is 7. The minimum Gasteiger partial charge on any atom is -0.427 e. The highest BCUT2D eigenvalue weighted by molar-refractivity contribution is 7.85. The smallest absolute Gasteiger partial charge is 0.326 e. The molecule has 1 aliphatic rings. The number of rotatable bonds is 4. The zero-order chi connectivity index (χ0) is 20.7. The molecule has 1 heterocycles. The Morgan fingerprint density at radius 2 is 1.78 bits per heavy atom. The van der Waals surface area contributed by atoms with E-state index in [0.717, 1.165) is 24.9 Å². The van der Waals surface area contributed by atoms with E-state index in [0.29, 0.717) is 0 Å². The van der Waals surface area contributed by atoms with Crippen molar-refractivity contribution in [3.8, 4) is 0 Å². The first-order valence-corrected chi connectivity index (χ1v) is 9.96. The summed E-state index contributed by atoms with van der Waals surface area (Å²) in [6, 6.07) is 5.75. The zero-order valence-corrected chi connectivity index (χ0v) is 16.8. The molecule has 1 saturated heterocycles. The number of aryl methyl sites for hydroxylation is 1. The molecule has 152 valence electrons. The van der Waals surface area contributed by atoms with Crippen molar-refractivity contribution in [2.24, 2.45) is 5.41 Å². The van der Waals surface area contributed by atoms with Crippen molar-refractivity contribution < 1.29 is 32.0 Å². The molecule has 1 aromatic rings. The molecular weight excluding hydrogens is 374 g/mol. The van der Waals surface area contributed by atoms with Crippen molar-refractivity contribution >= 4 is 22.1 Å². The molecule has 1 aromatic carbocycles. The summed E-state index contributed by atoms with van der Waals surface area (Å²) in [7, 11) is -4.02. The van der Waals surface area contributed by atoms with E-state index in [2.05, 4.69) is 5.32 Å². The molecule has 0 radical (unpaired) electrons. The largest absolute Gasteiger partial charge is 0.427 e. The van der Waals surface area contributed by atoms with Crippen LogP contribution in [0.15, 0.2) is 29.2 Å². The first-order chi connectivity index (χ1) is 12.4. The Hall–Kier alpha value is -1.97. The first-order valence-electron chi connectivity index (χ1n) is 8.52. The number of ether oxygens (including phenoxy) is 2. The summed E-state index contributed by atoms with van der Waals surface area (Å²) in [6.07, 6.45) is 1.76. The maximum atomic E-state index is 11.4. The lowest BCUT2D eigenvalue weighted by atomic mass is 9.98. The fraction of sp³-hybridized carbons (Fsp3) is 0.556. The fourth-order valence-corrected chi connectivity index (χ4v) is 2.53. The van der Waals surface area contributed by atoms with E-state index in [-0.39, 0.29) is 29.7 Å². The molecule has 1 aliphatic heterocycles. The average molecular weight is 401 g/mol. The predicted octanol–water partition coefficient (Wildman–Crippen LogP) is 2.07. The van der Waals surface area contributed by atoms with Gasteiger partial charge in [-0.3, -0.25) is 14.1 Å². The summed E-state index contributed by atoms with van der Waals surface area (Å²) in [5.74, 6) is -0.723. The first kappa shape index (κ1) is 23.1. The van der Waals surface area contributed by atoms with Gasteiger partial charge in [-0.25, -0.2) is 0 Å². The summed E-state index contributed by atoms with van der Waals surface area (Å²) < 4.78 is 39.2. The predicted molar refractivity (Wildman–Crippen MR) is 98.5 cm³/mol. The molecule has 2 N–H and O–H groups in total. The summed E-state index contributed by atoms with van der Waals surface area (Å²) in [4.78, 5) is 22.7. The van der Waals surface area contributed by atoms with Crippen molar-refractivity contribution in [3.63, 3.8) is 0 Å². The number of nitrogens with one attached hydrogen (secondary N) is 1. The second-order valence-corrected chi connectivity index (χ2v) is 8.62. The molecule has 0 saturated carbocycles. The number of benzene rings is 1. The normalized spacial score (nSPS) is 16.9. The van der Waals surface area contributed by atoms with Gasteiger partial charge >= 0.3 is 11.9 Å². The molecule has 0 bridgehead atoms. The molecule has 0 spiro atoms. The van der Waals surface area contributed by atoms with E-state index >= 15 is 0 Å². The number of esters is 2. The fourth-order valence-electron chi connectivity index (χ4n) is 2.05. The van der Waals surface area contributed by atoms with Gasteiger partial charge in [0.15, 0.2) is 0 Å². The molecular formula is C18H27NO7S. The lowest BCUT2D eigenvalue weighted by Gasteiger charge is -2.17. The van der Waals surface area contributed by atoms with Crippen molar-refractivity contribution in [2.45, 2.75) is 51.5 Å². The van der Waals surface area contributed by atoms with Gasteiger partial charge in [0.05, 0.1) is 10.3 Å². The van der Waals surface area contributed by atoms with Crippen LogP contribution in [0.4, 0.5) is 0 Å². The van der Waals surface area contributed by atoms with Crippen molar-refractivity contribution in [2.75, 3.05) is 13.3 Å². The van der Waals surface area contributed by atoms with E-state index in [9.17, 15) is 18.0 Å². The number of hydrogen-bond donors (Lipinski definition) is 2. The topological polar surface area (TPSA) is 119 Å². The van der Waals surface area contributed by atoms with Crippen LogP contribution in [0.5, 0.6) is 0 Å². The quantitative estimate of drug-likeness (QED) is 0.447. The molecule has 0 amide bonds. The minimum absolute atomic E-state index is 0.0666. The van der Waals surface area contributed by atoms with Crippen LogP contribution in [-0.2, 0) is 29.2 Å². The third-order valence-corrected chi connectivity index (χ3v) is 4.54. The van der Waals surface area contributed by atoms with Crippen LogP contribution in [0.2, 0.25) is 0 Å². The Labute approximate surface area is 160 Å². The van der Waals surface area contributed by atoms with E-state index in [1.54, 1.807) is 32.9 Å². The van der Waals surface area contributed by atoms with Gasteiger partial charge in [-0.05, 0) is 59.2 Å². The lowest BCUT2D eigenvalue weighted by Crippen LogP contribution is -2.33. The molecule has 1 atom stereocenters. The van der Waals surface area contributed by atoms with Crippen LogP contribution in [0.25, 0.3) is 0 Å². The Morgan fingerprint density at radius 3 is 2.22 bits per heavy atom. The van der Waals surface area contributed by atoms with Gasteiger partial charge in [0.25, 0.3) is 10.1 Å². The SMILES string of the molecule is CC(C)(C)C(=O)OCOC(=O)[C@@H]1CCCN1.Cc1ccc(S(=O)(=O)O)cc1.